The number of amides is 1. The van der Waals surface area contributed by atoms with Crippen molar-refractivity contribution in [1.82, 2.24) is 25.8 Å². The third kappa shape index (κ3) is 12.3. The summed E-state index contributed by atoms with van der Waals surface area (Å²) in [5, 5.41) is 25.3. The normalized spacial score (nSPS) is 17.8. The van der Waals surface area contributed by atoms with Gasteiger partial charge in [-0.3, -0.25) is 14.8 Å². The van der Waals surface area contributed by atoms with E-state index in [1.54, 1.807) is 19.3 Å². The Bertz CT molecular complexity index is 1030. The number of hydrogen-bond donors (Lipinski definition) is 3. The number of nitrogens with zero attached hydrogens (tertiary/aromatic N) is 4. The van der Waals surface area contributed by atoms with Crippen LogP contribution in [0.5, 0.6) is 0 Å². The topological polar surface area (TPSA) is 164 Å². The molecule has 2 heterocycles. The van der Waals surface area contributed by atoms with Crippen molar-refractivity contribution >= 4 is 11.9 Å². The number of aliphatic carboxylic acids is 1. The van der Waals surface area contributed by atoms with Gasteiger partial charge in [0.15, 0.2) is 11.6 Å². The van der Waals surface area contributed by atoms with E-state index in [1.165, 1.54) is 77.0 Å². The molecule has 0 aliphatic heterocycles. The van der Waals surface area contributed by atoms with Gasteiger partial charge in [0, 0.05) is 18.3 Å². The number of hydroxylamine groups is 1. The lowest BCUT2D eigenvalue weighted by Gasteiger charge is -2.22. The molecule has 0 aromatic carbocycles. The lowest BCUT2D eigenvalue weighted by atomic mass is 9.84. The van der Waals surface area contributed by atoms with Crippen LogP contribution in [0, 0.1) is 25.7 Å². The first-order valence-electron chi connectivity index (χ1n) is 15.6. The van der Waals surface area contributed by atoms with Crippen LogP contribution in [0.2, 0.25) is 0 Å². The Kier molecular flexibility index (Phi) is 14.3. The molecule has 4 rings (SSSR count). The Morgan fingerprint density at radius 3 is 1.59 bits per heavy atom. The average Bonchev–Trinajstić information content (AvgIpc) is 3.61. The standard InChI is InChI=1S/C15H25N3O3.C15H24N2O3/c1-11-16-15(21-18-11)13(10-14(19)17-20)9-5-8-12-6-3-2-4-7-12;1-11-16-15(20-17-11)13(10-14(18)19)9-5-8-12-6-3-2-4-7-12/h12-13,20H,2-10H2,1H3,(H,17,19);12-13H,2-10H2,1H3,(H,18,19)/t2*13-/m11/s1. The molecule has 2 aromatic heterocycles. The van der Waals surface area contributed by atoms with Crippen molar-refractivity contribution in [2.24, 2.45) is 11.8 Å². The Morgan fingerprint density at radius 1 is 0.780 bits per heavy atom. The van der Waals surface area contributed by atoms with Gasteiger partial charge in [-0.2, -0.15) is 9.97 Å². The second-order valence-electron chi connectivity index (χ2n) is 12.0. The number of carbonyl (C=O) groups is 2. The average molecular weight is 576 g/mol. The Balaban J connectivity index is 0.000000226. The molecule has 2 aliphatic rings. The summed E-state index contributed by atoms with van der Waals surface area (Å²) in [5.74, 6) is 2.33. The zero-order valence-electron chi connectivity index (χ0n) is 24.9. The van der Waals surface area contributed by atoms with Crippen molar-refractivity contribution in [2.45, 2.75) is 141 Å². The van der Waals surface area contributed by atoms with Crippen LogP contribution in [0.15, 0.2) is 9.05 Å². The maximum Gasteiger partial charge on any atom is 0.304 e. The number of aromatic nitrogens is 4. The summed E-state index contributed by atoms with van der Waals surface area (Å²) >= 11 is 0. The highest BCUT2D eigenvalue weighted by atomic mass is 16.5. The SMILES string of the molecule is Cc1noc([C@H](CCCC2CCCCC2)CC(=O)NO)n1.Cc1noc([C@H](CCCC2CCCCC2)CC(=O)O)n1. The van der Waals surface area contributed by atoms with Crippen LogP contribution in [0.4, 0.5) is 0 Å². The number of nitrogens with one attached hydrogen (secondary N) is 1. The van der Waals surface area contributed by atoms with Gasteiger partial charge in [0.1, 0.15) is 0 Å². The molecule has 2 aliphatic carbocycles. The van der Waals surface area contributed by atoms with Gasteiger partial charge in [0.2, 0.25) is 17.7 Å². The van der Waals surface area contributed by atoms with Crippen molar-refractivity contribution < 1.29 is 28.9 Å². The summed E-state index contributed by atoms with van der Waals surface area (Å²) in [4.78, 5) is 30.8. The van der Waals surface area contributed by atoms with Crippen molar-refractivity contribution in [3.63, 3.8) is 0 Å². The summed E-state index contributed by atoms with van der Waals surface area (Å²) in [6.45, 7) is 3.52. The lowest BCUT2D eigenvalue weighted by molar-refractivity contribution is -0.137. The second-order valence-corrected chi connectivity index (χ2v) is 12.0. The number of aryl methyl sites for hydroxylation is 2. The fourth-order valence-electron chi connectivity index (χ4n) is 6.32. The molecule has 2 fully saturated rings. The van der Waals surface area contributed by atoms with Gasteiger partial charge in [-0.25, -0.2) is 5.48 Å². The van der Waals surface area contributed by atoms with E-state index in [1.807, 2.05) is 0 Å². The van der Waals surface area contributed by atoms with E-state index in [0.717, 1.165) is 37.5 Å². The van der Waals surface area contributed by atoms with E-state index in [4.69, 9.17) is 19.4 Å². The van der Waals surface area contributed by atoms with E-state index in [-0.39, 0.29) is 24.7 Å². The maximum atomic E-state index is 11.4. The first-order valence-corrected chi connectivity index (χ1v) is 15.6. The zero-order chi connectivity index (χ0) is 29.5. The predicted octanol–water partition coefficient (Wildman–Crippen LogP) is 6.79. The Morgan fingerprint density at radius 2 is 1.22 bits per heavy atom. The molecule has 0 unspecified atom stereocenters. The molecule has 2 atom stereocenters. The third-order valence-electron chi connectivity index (χ3n) is 8.54. The van der Waals surface area contributed by atoms with Crippen molar-refractivity contribution in [1.29, 1.82) is 0 Å². The van der Waals surface area contributed by atoms with E-state index in [2.05, 4.69) is 20.3 Å². The maximum absolute atomic E-state index is 11.4. The van der Waals surface area contributed by atoms with E-state index >= 15 is 0 Å². The van der Waals surface area contributed by atoms with Crippen LogP contribution in [-0.2, 0) is 9.59 Å². The smallest absolute Gasteiger partial charge is 0.304 e. The molecule has 11 heteroatoms. The largest absolute Gasteiger partial charge is 0.481 e. The lowest BCUT2D eigenvalue weighted by Crippen LogP contribution is -2.21. The van der Waals surface area contributed by atoms with Crippen LogP contribution in [-0.4, -0.2) is 42.5 Å². The van der Waals surface area contributed by atoms with Gasteiger partial charge in [0.05, 0.1) is 6.42 Å². The molecule has 2 aromatic rings. The first kappa shape index (κ1) is 32.7. The van der Waals surface area contributed by atoms with Crippen molar-refractivity contribution in [2.75, 3.05) is 0 Å². The summed E-state index contributed by atoms with van der Waals surface area (Å²) in [6, 6.07) is 0. The van der Waals surface area contributed by atoms with Crippen molar-refractivity contribution in [3.05, 3.63) is 23.4 Å². The number of carbonyl (C=O) groups excluding carboxylic acids is 1. The van der Waals surface area contributed by atoms with Crippen LogP contribution >= 0.6 is 0 Å². The third-order valence-corrected chi connectivity index (χ3v) is 8.54. The minimum atomic E-state index is -0.802. The number of rotatable bonds is 14. The molecule has 3 N–H and O–H groups in total. The van der Waals surface area contributed by atoms with Gasteiger partial charge in [-0.1, -0.05) is 100 Å². The molecule has 2 saturated carbocycles. The molecule has 0 bridgehead atoms. The molecule has 41 heavy (non-hydrogen) atoms. The highest BCUT2D eigenvalue weighted by Gasteiger charge is 2.24. The van der Waals surface area contributed by atoms with Gasteiger partial charge in [-0.05, 0) is 38.5 Å². The predicted molar refractivity (Wildman–Crippen MR) is 151 cm³/mol. The molecular formula is C30H49N5O6. The second kappa shape index (κ2) is 17.9. The van der Waals surface area contributed by atoms with Crippen LogP contribution in [0.25, 0.3) is 0 Å². The highest BCUT2D eigenvalue weighted by molar-refractivity contribution is 5.75. The molecule has 0 saturated heterocycles. The van der Waals surface area contributed by atoms with Gasteiger partial charge < -0.3 is 14.2 Å². The fourth-order valence-corrected chi connectivity index (χ4v) is 6.32. The monoisotopic (exact) mass is 575 g/mol. The number of hydrogen-bond acceptors (Lipinski definition) is 9. The Hall–Kier alpha value is -2.82. The molecule has 230 valence electrons. The van der Waals surface area contributed by atoms with E-state index < -0.39 is 11.9 Å². The summed E-state index contributed by atoms with van der Waals surface area (Å²) in [7, 11) is 0. The fraction of sp³-hybridized carbons (Fsp3) is 0.800. The summed E-state index contributed by atoms with van der Waals surface area (Å²) in [6.07, 6.45) is 19.9. The number of carboxylic acids is 1. The van der Waals surface area contributed by atoms with E-state index in [9.17, 15) is 9.59 Å². The molecule has 0 spiro atoms. The quantitative estimate of drug-likeness (QED) is 0.161. The van der Waals surface area contributed by atoms with Crippen molar-refractivity contribution in [3.8, 4) is 0 Å². The first-order chi connectivity index (χ1) is 19.8. The molecule has 0 radical (unpaired) electrons. The van der Waals surface area contributed by atoms with Crippen LogP contribution in [0.1, 0.15) is 151 Å². The summed E-state index contributed by atoms with van der Waals surface area (Å²) in [5.41, 5.74) is 1.68. The zero-order valence-corrected chi connectivity index (χ0v) is 24.9. The molecule has 11 nitrogen and oxygen atoms in total. The Labute approximate surface area is 243 Å². The minimum Gasteiger partial charge on any atom is -0.481 e. The van der Waals surface area contributed by atoms with Gasteiger partial charge in [0.25, 0.3) is 0 Å². The summed E-state index contributed by atoms with van der Waals surface area (Å²) < 4.78 is 10.3. The molecule has 1 amide bonds. The van der Waals surface area contributed by atoms with Crippen LogP contribution < -0.4 is 5.48 Å². The highest BCUT2D eigenvalue weighted by Crippen LogP contribution is 2.32. The van der Waals surface area contributed by atoms with E-state index in [0.29, 0.717) is 23.4 Å². The molecular weight excluding hydrogens is 526 g/mol. The number of carboxylic acid groups (broad SMARTS) is 1. The van der Waals surface area contributed by atoms with Gasteiger partial charge >= 0.3 is 5.97 Å². The van der Waals surface area contributed by atoms with Gasteiger partial charge in [-0.15, -0.1) is 0 Å². The van der Waals surface area contributed by atoms with Crippen LogP contribution in [0.3, 0.4) is 0 Å². The minimum absolute atomic E-state index is 0.0757.